The minimum atomic E-state index is -0.443. The maximum Gasteiger partial charge on any atom is 0.153 e. The smallest absolute Gasteiger partial charge is 0.153 e. The van der Waals surface area contributed by atoms with E-state index in [9.17, 15) is 9.18 Å². The van der Waals surface area contributed by atoms with Crippen molar-refractivity contribution in [3.8, 4) is 22.8 Å². The SMILES string of the molecule is CN(C)Cc1ncc(-c2ccc(Oc3cc(Cl)ccc3C=O)cc2F)n1C. The molecule has 0 N–H and O–H groups in total. The van der Waals surface area contributed by atoms with E-state index in [-0.39, 0.29) is 11.5 Å². The molecule has 0 fully saturated rings. The predicted octanol–water partition coefficient (Wildman–Crippen LogP) is 4.55. The predicted molar refractivity (Wildman–Crippen MR) is 103 cm³/mol. The Morgan fingerprint density at radius 1 is 1.26 bits per heavy atom. The third kappa shape index (κ3) is 4.18. The maximum absolute atomic E-state index is 14.7. The number of hydrogen-bond acceptors (Lipinski definition) is 4. The van der Waals surface area contributed by atoms with Gasteiger partial charge >= 0.3 is 0 Å². The Bertz CT molecular complexity index is 985. The fourth-order valence-electron chi connectivity index (χ4n) is 2.72. The molecule has 0 saturated carbocycles. The summed E-state index contributed by atoms with van der Waals surface area (Å²) in [6.07, 6.45) is 2.32. The van der Waals surface area contributed by atoms with Crippen LogP contribution in [0.15, 0.2) is 42.6 Å². The third-order valence-corrected chi connectivity index (χ3v) is 4.32. The molecule has 0 aliphatic rings. The third-order valence-electron chi connectivity index (χ3n) is 4.09. The number of ether oxygens (including phenoxy) is 1. The van der Waals surface area contributed by atoms with Gasteiger partial charge in [0.1, 0.15) is 23.1 Å². The molecule has 0 amide bonds. The molecule has 0 aliphatic heterocycles. The number of carbonyl (C=O) groups excluding carboxylic acids is 1. The van der Waals surface area contributed by atoms with Crippen LogP contribution in [0.2, 0.25) is 5.02 Å². The van der Waals surface area contributed by atoms with Crippen LogP contribution in [0.3, 0.4) is 0 Å². The topological polar surface area (TPSA) is 47.4 Å². The molecule has 0 bridgehead atoms. The van der Waals surface area contributed by atoms with Crippen LogP contribution < -0.4 is 4.74 Å². The largest absolute Gasteiger partial charge is 0.456 e. The van der Waals surface area contributed by atoms with E-state index in [2.05, 4.69) is 4.98 Å². The second kappa shape index (κ2) is 7.90. The first-order valence-electron chi connectivity index (χ1n) is 8.27. The lowest BCUT2D eigenvalue weighted by atomic mass is 10.1. The summed E-state index contributed by atoms with van der Waals surface area (Å²) in [6.45, 7) is 0.655. The second-order valence-corrected chi connectivity index (χ2v) is 6.84. The van der Waals surface area contributed by atoms with E-state index in [1.807, 2.05) is 30.6 Å². The summed E-state index contributed by atoms with van der Waals surface area (Å²) >= 11 is 5.95. The van der Waals surface area contributed by atoms with Crippen molar-refractivity contribution >= 4 is 17.9 Å². The van der Waals surface area contributed by atoms with Gasteiger partial charge in [-0.3, -0.25) is 4.79 Å². The quantitative estimate of drug-likeness (QED) is 0.582. The number of hydrogen-bond donors (Lipinski definition) is 0. The molecule has 5 nitrogen and oxygen atoms in total. The van der Waals surface area contributed by atoms with Gasteiger partial charge in [-0.25, -0.2) is 9.37 Å². The van der Waals surface area contributed by atoms with Crippen LogP contribution in [0.25, 0.3) is 11.3 Å². The summed E-state index contributed by atoms with van der Waals surface area (Å²) in [5.74, 6) is 0.946. The zero-order valence-corrected chi connectivity index (χ0v) is 16.0. The van der Waals surface area contributed by atoms with Crippen LogP contribution in [0.5, 0.6) is 11.5 Å². The summed E-state index contributed by atoms with van der Waals surface area (Å²) < 4.78 is 22.2. The van der Waals surface area contributed by atoms with Gasteiger partial charge in [-0.15, -0.1) is 0 Å². The van der Waals surface area contributed by atoms with Crippen molar-refractivity contribution in [2.75, 3.05) is 14.1 Å². The molecular weight excluding hydrogens is 369 g/mol. The molecular formula is C20H19ClFN3O2. The number of carbonyl (C=O) groups is 1. The Morgan fingerprint density at radius 2 is 2.04 bits per heavy atom. The first kappa shape index (κ1) is 19.1. The Morgan fingerprint density at radius 3 is 2.70 bits per heavy atom. The lowest BCUT2D eigenvalue weighted by Gasteiger charge is -2.12. The number of halogens is 2. The number of aldehydes is 1. The molecule has 1 heterocycles. The minimum absolute atomic E-state index is 0.275. The van der Waals surface area contributed by atoms with Crippen molar-refractivity contribution in [3.63, 3.8) is 0 Å². The molecule has 0 saturated heterocycles. The Hall–Kier alpha value is -2.70. The molecule has 140 valence electrons. The van der Waals surface area contributed by atoms with Gasteiger partial charge in [0.05, 0.1) is 24.0 Å². The number of aromatic nitrogens is 2. The average molecular weight is 388 g/mol. The molecule has 0 unspecified atom stereocenters. The van der Waals surface area contributed by atoms with Crippen molar-refractivity contribution < 1.29 is 13.9 Å². The van der Waals surface area contributed by atoms with Crippen molar-refractivity contribution in [1.82, 2.24) is 14.5 Å². The van der Waals surface area contributed by atoms with Gasteiger partial charge in [0.15, 0.2) is 6.29 Å². The molecule has 27 heavy (non-hydrogen) atoms. The van der Waals surface area contributed by atoms with Crippen molar-refractivity contribution in [3.05, 3.63) is 64.8 Å². The fraction of sp³-hybridized carbons (Fsp3) is 0.200. The van der Waals surface area contributed by atoms with Crippen LogP contribution in [-0.4, -0.2) is 34.8 Å². The number of benzene rings is 2. The molecule has 1 aromatic heterocycles. The first-order valence-corrected chi connectivity index (χ1v) is 8.64. The first-order chi connectivity index (χ1) is 12.9. The molecule has 3 aromatic rings. The fourth-order valence-corrected chi connectivity index (χ4v) is 2.88. The highest BCUT2D eigenvalue weighted by molar-refractivity contribution is 6.30. The summed E-state index contributed by atoms with van der Waals surface area (Å²) in [4.78, 5) is 17.5. The van der Waals surface area contributed by atoms with Gasteiger partial charge < -0.3 is 14.2 Å². The molecule has 7 heteroatoms. The van der Waals surface area contributed by atoms with Crippen molar-refractivity contribution in [1.29, 1.82) is 0 Å². The van der Waals surface area contributed by atoms with Crippen molar-refractivity contribution in [2.24, 2.45) is 7.05 Å². The van der Waals surface area contributed by atoms with Gasteiger partial charge in [0, 0.05) is 29.8 Å². The lowest BCUT2D eigenvalue weighted by molar-refractivity contribution is 0.112. The van der Waals surface area contributed by atoms with E-state index in [1.54, 1.807) is 30.5 Å². The average Bonchev–Trinajstić information content (AvgIpc) is 2.95. The molecule has 0 atom stereocenters. The monoisotopic (exact) mass is 387 g/mol. The van der Waals surface area contributed by atoms with E-state index in [0.717, 1.165) is 5.82 Å². The second-order valence-electron chi connectivity index (χ2n) is 6.40. The van der Waals surface area contributed by atoms with E-state index < -0.39 is 5.82 Å². The van der Waals surface area contributed by atoms with E-state index in [0.29, 0.717) is 34.7 Å². The summed E-state index contributed by atoms with van der Waals surface area (Å²) in [5.41, 5.74) is 1.43. The Labute approximate surface area is 162 Å². The van der Waals surface area contributed by atoms with E-state index in [4.69, 9.17) is 16.3 Å². The highest BCUT2D eigenvalue weighted by atomic mass is 35.5. The summed E-state index contributed by atoms with van der Waals surface area (Å²) in [5, 5.41) is 0.427. The van der Waals surface area contributed by atoms with Gasteiger partial charge in [-0.1, -0.05) is 11.6 Å². The van der Waals surface area contributed by atoms with Crippen LogP contribution in [-0.2, 0) is 13.6 Å². The van der Waals surface area contributed by atoms with Gasteiger partial charge in [-0.05, 0) is 38.4 Å². The highest BCUT2D eigenvalue weighted by Gasteiger charge is 2.14. The standard InChI is InChI=1S/C20H19ClFN3O2/c1-24(2)11-20-23-10-18(25(20)3)16-7-6-15(9-17(16)22)27-19-8-14(21)5-4-13(19)12-26/h4-10,12H,11H2,1-3H3. The number of imidazole rings is 1. The Balaban J connectivity index is 1.90. The molecule has 0 radical (unpaired) electrons. The number of nitrogens with zero attached hydrogens (tertiary/aromatic N) is 3. The molecule has 0 spiro atoms. The van der Waals surface area contributed by atoms with Gasteiger partial charge in [-0.2, -0.15) is 0 Å². The van der Waals surface area contributed by atoms with E-state index in [1.165, 1.54) is 12.1 Å². The van der Waals surface area contributed by atoms with Crippen LogP contribution in [0.1, 0.15) is 16.2 Å². The highest BCUT2D eigenvalue weighted by Crippen LogP contribution is 2.31. The summed E-state index contributed by atoms with van der Waals surface area (Å²) in [6, 6.07) is 9.22. The van der Waals surface area contributed by atoms with Crippen LogP contribution in [0.4, 0.5) is 4.39 Å². The number of rotatable bonds is 6. The minimum Gasteiger partial charge on any atom is -0.456 e. The van der Waals surface area contributed by atoms with Crippen molar-refractivity contribution in [2.45, 2.75) is 6.54 Å². The molecule has 2 aromatic carbocycles. The zero-order chi connectivity index (χ0) is 19.6. The van der Waals surface area contributed by atoms with Crippen LogP contribution in [0, 0.1) is 5.82 Å². The van der Waals surface area contributed by atoms with E-state index >= 15 is 0 Å². The van der Waals surface area contributed by atoms with Gasteiger partial charge in [0.25, 0.3) is 0 Å². The molecule has 0 aliphatic carbocycles. The van der Waals surface area contributed by atoms with Crippen LogP contribution >= 0.6 is 11.6 Å². The van der Waals surface area contributed by atoms with Gasteiger partial charge in [0.2, 0.25) is 0 Å². The normalized spacial score (nSPS) is 11.0. The maximum atomic E-state index is 14.7. The zero-order valence-electron chi connectivity index (χ0n) is 15.2. The lowest BCUT2D eigenvalue weighted by Crippen LogP contribution is -2.14. The summed E-state index contributed by atoms with van der Waals surface area (Å²) in [7, 11) is 5.75. The Kier molecular flexibility index (Phi) is 5.58. The molecule has 3 rings (SSSR count).